The Morgan fingerprint density at radius 1 is 1.00 bits per heavy atom. The first kappa shape index (κ1) is 24.8. The van der Waals surface area contributed by atoms with Gasteiger partial charge in [0, 0.05) is 22.5 Å². The number of urea groups is 1. The van der Waals surface area contributed by atoms with Gasteiger partial charge < -0.3 is 19.5 Å². The van der Waals surface area contributed by atoms with E-state index < -0.39 is 0 Å². The minimum absolute atomic E-state index is 0.219. The number of hydrogen-bond acceptors (Lipinski definition) is 3. The SMILES string of the molecule is CCOc1ccc([C@@H]2c3cccn3-c3c(c(C)nn3-c3ccccc3)CN2C(=O)Nc2ccc(Cl)cc2)cc1. The Balaban J connectivity index is 1.50. The molecule has 5 aromatic rings. The van der Waals surface area contributed by atoms with Gasteiger partial charge in [-0.1, -0.05) is 41.9 Å². The molecular weight excluding hydrogens is 510 g/mol. The van der Waals surface area contributed by atoms with Crippen LogP contribution in [0.2, 0.25) is 5.02 Å². The molecule has 0 saturated carbocycles. The van der Waals surface area contributed by atoms with Gasteiger partial charge in [0.25, 0.3) is 0 Å². The average molecular weight is 538 g/mol. The number of fused-ring (bicyclic) bond motifs is 3. The molecule has 1 N–H and O–H groups in total. The van der Waals surface area contributed by atoms with Gasteiger partial charge in [0.2, 0.25) is 0 Å². The Bertz CT molecular complexity index is 1610. The number of aromatic nitrogens is 3. The molecule has 6 rings (SSSR count). The number of hydrogen-bond donors (Lipinski definition) is 1. The molecule has 8 heteroatoms. The van der Waals surface area contributed by atoms with E-state index in [-0.39, 0.29) is 12.1 Å². The number of anilines is 1. The lowest BCUT2D eigenvalue weighted by atomic mass is 10.0. The van der Waals surface area contributed by atoms with Crippen molar-refractivity contribution in [3.05, 3.63) is 125 Å². The highest BCUT2D eigenvalue weighted by molar-refractivity contribution is 6.30. The van der Waals surface area contributed by atoms with Gasteiger partial charge in [0.15, 0.2) is 0 Å². The van der Waals surface area contributed by atoms with Crippen LogP contribution in [0.25, 0.3) is 11.5 Å². The van der Waals surface area contributed by atoms with Crippen molar-refractivity contribution < 1.29 is 9.53 Å². The monoisotopic (exact) mass is 537 g/mol. The third-order valence-corrected chi connectivity index (χ3v) is 7.20. The minimum atomic E-state index is -0.362. The molecule has 1 aliphatic rings. The molecule has 196 valence electrons. The second-order valence-corrected chi connectivity index (χ2v) is 9.84. The summed E-state index contributed by atoms with van der Waals surface area (Å²) in [7, 11) is 0. The Kier molecular flexibility index (Phi) is 6.59. The first-order valence-corrected chi connectivity index (χ1v) is 13.3. The molecular formula is C31H28ClN5O2. The maximum absolute atomic E-state index is 14.0. The Hall–Kier alpha value is -4.49. The van der Waals surface area contributed by atoms with Crippen LogP contribution >= 0.6 is 11.6 Å². The van der Waals surface area contributed by atoms with Gasteiger partial charge >= 0.3 is 6.03 Å². The number of carbonyl (C=O) groups is 1. The predicted octanol–water partition coefficient (Wildman–Crippen LogP) is 7.16. The summed E-state index contributed by atoms with van der Waals surface area (Å²) in [6.45, 7) is 4.91. The van der Waals surface area contributed by atoms with Gasteiger partial charge in [-0.2, -0.15) is 5.10 Å². The van der Waals surface area contributed by atoms with Gasteiger partial charge in [-0.05, 0) is 80.1 Å². The molecule has 1 atom stereocenters. The maximum atomic E-state index is 14.0. The predicted molar refractivity (Wildman–Crippen MR) is 153 cm³/mol. The lowest BCUT2D eigenvalue weighted by molar-refractivity contribution is 0.194. The molecule has 1 aliphatic heterocycles. The number of amides is 2. The molecule has 3 heterocycles. The normalized spacial score (nSPS) is 14.3. The van der Waals surface area contributed by atoms with Crippen molar-refractivity contribution >= 4 is 23.3 Å². The quantitative estimate of drug-likeness (QED) is 0.259. The van der Waals surface area contributed by atoms with E-state index in [1.54, 1.807) is 24.3 Å². The fourth-order valence-corrected chi connectivity index (χ4v) is 5.27. The summed E-state index contributed by atoms with van der Waals surface area (Å²) in [6, 6.07) is 28.7. The van der Waals surface area contributed by atoms with Crippen LogP contribution in [-0.4, -0.2) is 31.9 Å². The van der Waals surface area contributed by atoms with Crippen molar-refractivity contribution in [2.24, 2.45) is 0 Å². The molecule has 2 aromatic heterocycles. The van der Waals surface area contributed by atoms with Crippen LogP contribution in [0.5, 0.6) is 5.75 Å². The van der Waals surface area contributed by atoms with Crippen molar-refractivity contribution in [2.45, 2.75) is 26.4 Å². The highest BCUT2D eigenvalue weighted by Gasteiger charge is 2.36. The zero-order valence-corrected chi connectivity index (χ0v) is 22.5. The molecule has 0 aliphatic carbocycles. The van der Waals surface area contributed by atoms with E-state index in [2.05, 4.69) is 16.0 Å². The smallest absolute Gasteiger partial charge is 0.322 e. The summed E-state index contributed by atoms with van der Waals surface area (Å²) in [5, 5.41) is 8.60. The second-order valence-electron chi connectivity index (χ2n) is 9.41. The molecule has 2 amide bonds. The Labute approximate surface area is 232 Å². The average Bonchev–Trinajstić information content (AvgIpc) is 3.51. The van der Waals surface area contributed by atoms with E-state index in [9.17, 15) is 4.79 Å². The number of aryl methyl sites for hydroxylation is 1. The van der Waals surface area contributed by atoms with Gasteiger partial charge in [0.1, 0.15) is 11.6 Å². The van der Waals surface area contributed by atoms with Crippen LogP contribution in [0.15, 0.2) is 97.2 Å². The van der Waals surface area contributed by atoms with Crippen molar-refractivity contribution in [2.75, 3.05) is 11.9 Å². The Morgan fingerprint density at radius 3 is 2.46 bits per heavy atom. The highest BCUT2D eigenvalue weighted by Crippen LogP contribution is 2.39. The third-order valence-electron chi connectivity index (χ3n) is 6.95. The summed E-state index contributed by atoms with van der Waals surface area (Å²) >= 11 is 6.08. The molecule has 0 unspecified atom stereocenters. The van der Waals surface area contributed by atoms with E-state index in [0.717, 1.165) is 39.8 Å². The van der Waals surface area contributed by atoms with Crippen LogP contribution < -0.4 is 10.1 Å². The number of para-hydroxylation sites is 1. The molecule has 39 heavy (non-hydrogen) atoms. The standard InChI is InChI=1S/C31H28ClN5O2/c1-3-39-26-17-11-22(12-18-26)29-28-10-7-19-35(28)30-27(21(2)34-37(30)25-8-5-4-6-9-25)20-36(29)31(38)33-24-15-13-23(32)14-16-24/h4-19,29H,3,20H2,1-2H3,(H,33,38)/t29-/m1/s1. The zero-order chi connectivity index (χ0) is 26.9. The highest BCUT2D eigenvalue weighted by atomic mass is 35.5. The lowest BCUT2D eigenvalue weighted by Crippen LogP contribution is -2.38. The summed E-state index contributed by atoms with van der Waals surface area (Å²) in [5.41, 5.74) is 5.42. The van der Waals surface area contributed by atoms with Gasteiger partial charge in [-0.15, -0.1) is 0 Å². The van der Waals surface area contributed by atoms with Crippen LogP contribution in [-0.2, 0) is 6.54 Å². The van der Waals surface area contributed by atoms with Crippen LogP contribution in [0, 0.1) is 6.92 Å². The molecule has 0 spiro atoms. The number of benzene rings is 3. The minimum Gasteiger partial charge on any atom is -0.494 e. The topological polar surface area (TPSA) is 64.3 Å². The Morgan fingerprint density at radius 2 is 1.74 bits per heavy atom. The molecule has 0 saturated heterocycles. The molecule has 0 bridgehead atoms. The van der Waals surface area contributed by atoms with Crippen molar-refractivity contribution in [1.82, 2.24) is 19.2 Å². The number of ether oxygens (including phenoxy) is 1. The number of halogens is 1. The van der Waals surface area contributed by atoms with Crippen molar-refractivity contribution in [1.29, 1.82) is 0 Å². The second kappa shape index (κ2) is 10.3. The van der Waals surface area contributed by atoms with E-state index in [1.807, 2.05) is 90.3 Å². The van der Waals surface area contributed by atoms with E-state index in [1.165, 1.54) is 0 Å². The number of carbonyl (C=O) groups excluding carboxylic acids is 1. The largest absolute Gasteiger partial charge is 0.494 e. The first-order valence-electron chi connectivity index (χ1n) is 12.9. The maximum Gasteiger partial charge on any atom is 0.322 e. The summed E-state index contributed by atoms with van der Waals surface area (Å²) in [5.74, 6) is 1.72. The van der Waals surface area contributed by atoms with Gasteiger partial charge in [-0.25, -0.2) is 9.48 Å². The number of nitrogens with zero attached hydrogens (tertiary/aromatic N) is 4. The van der Waals surface area contributed by atoms with Crippen molar-refractivity contribution in [3.63, 3.8) is 0 Å². The van der Waals surface area contributed by atoms with Crippen LogP contribution in [0.1, 0.15) is 35.5 Å². The first-order chi connectivity index (χ1) is 19.0. The van der Waals surface area contributed by atoms with Crippen molar-refractivity contribution in [3.8, 4) is 17.3 Å². The summed E-state index contributed by atoms with van der Waals surface area (Å²) in [4.78, 5) is 15.9. The lowest BCUT2D eigenvalue weighted by Gasteiger charge is -2.31. The zero-order valence-electron chi connectivity index (χ0n) is 21.7. The summed E-state index contributed by atoms with van der Waals surface area (Å²) < 4.78 is 9.80. The molecule has 0 fully saturated rings. The van der Waals surface area contributed by atoms with Crippen LogP contribution in [0.4, 0.5) is 10.5 Å². The molecule has 7 nitrogen and oxygen atoms in total. The van der Waals surface area contributed by atoms with E-state index in [0.29, 0.717) is 23.9 Å². The van der Waals surface area contributed by atoms with Gasteiger partial charge in [-0.3, -0.25) is 0 Å². The van der Waals surface area contributed by atoms with Gasteiger partial charge in [0.05, 0.1) is 36.3 Å². The molecule has 3 aromatic carbocycles. The van der Waals surface area contributed by atoms with E-state index in [4.69, 9.17) is 21.4 Å². The third kappa shape index (κ3) is 4.66. The fraction of sp³-hybridized carbons (Fsp3) is 0.161. The van der Waals surface area contributed by atoms with Crippen LogP contribution in [0.3, 0.4) is 0 Å². The molecule has 0 radical (unpaired) electrons. The number of nitrogens with one attached hydrogen (secondary N) is 1. The summed E-state index contributed by atoms with van der Waals surface area (Å²) in [6.07, 6.45) is 2.04. The fourth-order valence-electron chi connectivity index (χ4n) is 5.14. The number of rotatable bonds is 5. The van der Waals surface area contributed by atoms with E-state index >= 15 is 0 Å².